The Bertz CT molecular complexity index is 995. The second-order valence-electron chi connectivity index (χ2n) is 5.59. The van der Waals surface area contributed by atoms with Crippen molar-refractivity contribution < 1.29 is 32.9 Å². The van der Waals surface area contributed by atoms with Crippen LogP contribution in [0.15, 0.2) is 35.2 Å². The third kappa shape index (κ3) is 4.79. The van der Waals surface area contributed by atoms with Gasteiger partial charge in [-0.1, -0.05) is 29.3 Å². The number of methoxy groups -OCH3 is 2. The molecule has 0 aliphatic heterocycles. The Labute approximate surface area is 171 Å². The molecular formula is C17H17Cl2NO7S. The van der Waals surface area contributed by atoms with Crippen LogP contribution < -0.4 is 9.47 Å². The first-order valence-corrected chi connectivity index (χ1v) is 9.90. The van der Waals surface area contributed by atoms with Gasteiger partial charge in [-0.2, -0.15) is 4.31 Å². The highest BCUT2D eigenvalue weighted by Gasteiger charge is 2.31. The highest BCUT2D eigenvalue weighted by molar-refractivity contribution is 7.89. The molecule has 0 saturated carbocycles. The van der Waals surface area contributed by atoms with Crippen molar-refractivity contribution in [3.05, 3.63) is 45.9 Å². The Morgan fingerprint density at radius 3 is 2.32 bits per heavy atom. The molecule has 0 radical (unpaired) electrons. The summed E-state index contributed by atoms with van der Waals surface area (Å²) in [6.07, 6.45) is 0. The van der Waals surface area contributed by atoms with Crippen LogP contribution in [0.3, 0.4) is 0 Å². The lowest BCUT2D eigenvalue weighted by Crippen LogP contribution is -2.35. The van der Waals surface area contributed by atoms with Crippen LogP contribution in [-0.2, 0) is 21.4 Å². The smallest absolute Gasteiger partial charge is 0.318 e. The van der Waals surface area contributed by atoms with Crippen LogP contribution in [0.25, 0.3) is 0 Å². The van der Waals surface area contributed by atoms with E-state index >= 15 is 0 Å². The van der Waals surface area contributed by atoms with Crippen molar-refractivity contribution in [2.24, 2.45) is 0 Å². The number of benzene rings is 2. The van der Waals surface area contributed by atoms with E-state index in [0.29, 0.717) is 21.4 Å². The van der Waals surface area contributed by atoms with Gasteiger partial charge in [0.1, 0.15) is 11.4 Å². The lowest BCUT2D eigenvalue weighted by molar-refractivity contribution is -0.137. The standard InChI is InChI=1S/C17H17Cl2NO7S/c1-26-13-4-3-10(5-14(13)27-2)8-20(9-16(21)22)28(24,25)15-7-11(18)6-12(19)17(15)23/h3-7,23H,8-9H2,1-2H3,(H,21,22). The van der Waals surface area contributed by atoms with Gasteiger partial charge in [0, 0.05) is 11.6 Å². The van der Waals surface area contributed by atoms with Crippen molar-refractivity contribution in [3.63, 3.8) is 0 Å². The summed E-state index contributed by atoms with van der Waals surface area (Å²) in [5.74, 6) is -1.31. The van der Waals surface area contributed by atoms with Gasteiger partial charge in [0.15, 0.2) is 17.2 Å². The fraction of sp³-hybridized carbons (Fsp3) is 0.235. The average molecular weight is 450 g/mol. The van der Waals surface area contributed by atoms with E-state index in [1.54, 1.807) is 12.1 Å². The number of carbonyl (C=O) groups is 1. The van der Waals surface area contributed by atoms with Gasteiger partial charge >= 0.3 is 5.97 Å². The minimum atomic E-state index is -4.44. The van der Waals surface area contributed by atoms with E-state index in [-0.39, 0.29) is 16.6 Å². The van der Waals surface area contributed by atoms with Crippen LogP contribution in [0.1, 0.15) is 5.56 Å². The molecule has 0 unspecified atom stereocenters. The van der Waals surface area contributed by atoms with E-state index in [1.807, 2.05) is 0 Å². The highest BCUT2D eigenvalue weighted by Crippen LogP contribution is 2.36. The molecule has 2 rings (SSSR count). The third-order valence-electron chi connectivity index (χ3n) is 3.73. The van der Waals surface area contributed by atoms with Gasteiger partial charge in [-0.15, -0.1) is 0 Å². The van der Waals surface area contributed by atoms with Gasteiger partial charge in [0.25, 0.3) is 0 Å². The van der Waals surface area contributed by atoms with Crippen LogP contribution in [0, 0.1) is 0 Å². The Morgan fingerprint density at radius 1 is 1.11 bits per heavy atom. The number of hydrogen-bond donors (Lipinski definition) is 2. The van der Waals surface area contributed by atoms with Crippen molar-refractivity contribution in [1.29, 1.82) is 0 Å². The Hall–Kier alpha value is -2.20. The fourth-order valence-electron chi connectivity index (χ4n) is 2.44. The van der Waals surface area contributed by atoms with E-state index in [0.717, 1.165) is 6.07 Å². The molecule has 0 atom stereocenters. The summed E-state index contributed by atoms with van der Waals surface area (Å²) < 4.78 is 37.0. The molecule has 0 heterocycles. The number of rotatable bonds is 8. The molecule has 0 spiro atoms. The summed E-state index contributed by atoms with van der Waals surface area (Å²) in [6, 6.07) is 6.83. The zero-order valence-electron chi connectivity index (χ0n) is 14.8. The Morgan fingerprint density at radius 2 is 1.75 bits per heavy atom. The highest BCUT2D eigenvalue weighted by atomic mass is 35.5. The van der Waals surface area contributed by atoms with Gasteiger partial charge in [-0.3, -0.25) is 4.79 Å². The van der Waals surface area contributed by atoms with E-state index in [1.165, 1.54) is 26.4 Å². The number of ether oxygens (including phenoxy) is 2. The number of phenols is 1. The predicted molar refractivity (Wildman–Crippen MR) is 103 cm³/mol. The number of aromatic hydroxyl groups is 1. The summed E-state index contributed by atoms with van der Waals surface area (Å²) in [5, 5.41) is 18.9. The van der Waals surface area contributed by atoms with Crippen LogP contribution in [-0.4, -0.2) is 49.7 Å². The maximum Gasteiger partial charge on any atom is 0.318 e. The van der Waals surface area contributed by atoms with Crippen molar-refractivity contribution in [1.82, 2.24) is 4.31 Å². The first-order chi connectivity index (χ1) is 13.1. The molecule has 11 heteroatoms. The van der Waals surface area contributed by atoms with Crippen molar-refractivity contribution in [2.45, 2.75) is 11.4 Å². The van der Waals surface area contributed by atoms with Gasteiger partial charge in [-0.25, -0.2) is 8.42 Å². The van der Waals surface area contributed by atoms with Gasteiger partial charge in [0.2, 0.25) is 10.0 Å². The maximum atomic E-state index is 13.0. The molecule has 0 saturated heterocycles. The van der Waals surface area contributed by atoms with Crippen LogP contribution in [0.5, 0.6) is 17.2 Å². The molecular weight excluding hydrogens is 433 g/mol. The first-order valence-electron chi connectivity index (χ1n) is 7.71. The number of carboxylic acid groups (broad SMARTS) is 1. The predicted octanol–water partition coefficient (Wildman–Crippen LogP) is 2.99. The SMILES string of the molecule is COc1ccc(CN(CC(=O)O)S(=O)(=O)c2cc(Cl)cc(Cl)c2O)cc1OC. The molecule has 0 aliphatic rings. The monoisotopic (exact) mass is 449 g/mol. The van der Waals surface area contributed by atoms with E-state index in [9.17, 15) is 18.3 Å². The number of phenolic OH excluding ortho intramolecular Hbond substituents is 1. The van der Waals surface area contributed by atoms with Crippen molar-refractivity contribution in [3.8, 4) is 17.2 Å². The summed E-state index contributed by atoms with van der Waals surface area (Å²) in [4.78, 5) is 10.7. The molecule has 28 heavy (non-hydrogen) atoms. The van der Waals surface area contributed by atoms with Crippen LogP contribution >= 0.6 is 23.2 Å². The number of hydrogen-bond acceptors (Lipinski definition) is 6. The van der Waals surface area contributed by atoms with E-state index < -0.39 is 33.2 Å². The zero-order valence-corrected chi connectivity index (χ0v) is 17.2. The summed E-state index contributed by atoms with van der Waals surface area (Å²) in [6.45, 7) is -1.15. The van der Waals surface area contributed by atoms with Crippen LogP contribution in [0.4, 0.5) is 0 Å². The van der Waals surface area contributed by atoms with Gasteiger partial charge in [-0.05, 0) is 29.8 Å². The summed E-state index contributed by atoms with van der Waals surface area (Å²) >= 11 is 11.7. The molecule has 152 valence electrons. The molecule has 0 fully saturated rings. The Kier molecular flexibility index (Phi) is 7.00. The quantitative estimate of drug-likeness (QED) is 0.636. The molecule has 0 bridgehead atoms. The Balaban J connectivity index is 2.51. The average Bonchev–Trinajstić information content (AvgIpc) is 2.63. The number of sulfonamides is 1. The molecule has 2 N–H and O–H groups in total. The third-order valence-corrected chi connectivity index (χ3v) is 6.04. The minimum Gasteiger partial charge on any atom is -0.505 e. The topological polar surface area (TPSA) is 113 Å². The van der Waals surface area contributed by atoms with Crippen molar-refractivity contribution >= 4 is 39.2 Å². The minimum absolute atomic E-state index is 0.0252. The molecule has 0 aromatic heterocycles. The second-order valence-corrected chi connectivity index (χ2v) is 8.34. The summed E-state index contributed by atoms with van der Waals surface area (Å²) in [5.41, 5.74) is 0.440. The molecule has 0 amide bonds. The van der Waals surface area contributed by atoms with E-state index in [4.69, 9.17) is 37.8 Å². The van der Waals surface area contributed by atoms with E-state index in [2.05, 4.69) is 0 Å². The van der Waals surface area contributed by atoms with Crippen molar-refractivity contribution in [2.75, 3.05) is 20.8 Å². The molecule has 2 aromatic rings. The lowest BCUT2D eigenvalue weighted by Gasteiger charge is -2.22. The lowest BCUT2D eigenvalue weighted by atomic mass is 10.2. The zero-order chi connectivity index (χ0) is 21.1. The maximum absolute atomic E-state index is 13.0. The number of halogens is 2. The number of carboxylic acids is 1. The van der Waals surface area contributed by atoms with Crippen LogP contribution in [0.2, 0.25) is 10.0 Å². The van der Waals surface area contributed by atoms with Gasteiger partial charge < -0.3 is 19.7 Å². The molecule has 2 aromatic carbocycles. The molecule has 0 aliphatic carbocycles. The van der Waals surface area contributed by atoms with Gasteiger partial charge in [0.05, 0.1) is 19.2 Å². The largest absolute Gasteiger partial charge is 0.505 e. The summed E-state index contributed by atoms with van der Waals surface area (Å²) in [7, 11) is -1.58. The normalized spacial score (nSPS) is 11.5. The molecule has 8 nitrogen and oxygen atoms in total. The number of aliphatic carboxylic acids is 1. The number of nitrogens with zero attached hydrogens (tertiary/aromatic N) is 1. The fourth-order valence-corrected chi connectivity index (χ4v) is 4.56. The first kappa shape index (κ1) is 22.1. The second kappa shape index (κ2) is 8.87.